The van der Waals surface area contributed by atoms with Gasteiger partial charge in [-0.3, -0.25) is 4.90 Å². The molecule has 1 aromatic carbocycles. The van der Waals surface area contributed by atoms with Crippen LogP contribution in [0.25, 0.3) is 0 Å². The van der Waals surface area contributed by atoms with E-state index in [1.54, 1.807) is 0 Å². The van der Waals surface area contributed by atoms with E-state index in [-0.39, 0.29) is 5.54 Å². The minimum Gasteiger partial charge on any atom is -0.368 e. The summed E-state index contributed by atoms with van der Waals surface area (Å²) in [5, 5.41) is 0. The molecule has 0 bridgehead atoms. The van der Waals surface area contributed by atoms with Crippen LogP contribution < -0.4 is 10.6 Å². The SMILES string of the molecule is CN1C(CN)CN(c2cccc(Br)c2)CC1(C)C. The lowest BCUT2D eigenvalue weighted by atomic mass is 9.95. The summed E-state index contributed by atoms with van der Waals surface area (Å²) in [5.74, 6) is 0. The van der Waals surface area contributed by atoms with Crippen molar-refractivity contribution in [2.75, 3.05) is 31.6 Å². The fourth-order valence-electron chi connectivity index (χ4n) is 2.62. The Kier molecular flexibility index (Phi) is 3.99. The van der Waals surface area contributed by atoms with Gasteiger partial charge >= 0.3 is 0 Å². The van der Waals surface area contributed by atoms with Crippen LogP contribution in [-0.2, 0) is 0 Å². The predicted molar refractivity (Wildman–Crippen MR) is 81.0 cm³/mol. The van der Waals surface area contributed by atoms with Gasteiger partial charge in [-0.25, -0.2) is 0 Å². The number of hydrogen-bond donors (Lipinski definition) is 1. The highest BCUT2D eigenvalue weighted by atomic mass is 79.9. The summed E-state index contributed by atoms with van der Waals surface area (Å²) in [6, 6.07) is 8.90. The smallest absolute Gasteiger partial charge is 0.0396 e. The number of piperazine rings is 1. The van der Waals surface area contributed by atoms with Gasteiger partial charge in [-0.2, -0.15) is 0 Å². The second-order valence-electron chi connectivity index (χ2n) is 5.67. The zero-order valence-electron chi connectivity index (χ0n) is 11.4. The lowest BCUT2D eigenvalue weighted by molar-refractivity contribution is 0.0845. The molecule has 3 nitrogen and oxygen atoms in total. The third kappa shape index (κ3) is 2.71. The van der Waals surface area contributed by atoms with Crippen molar-refractivity contribution >= 4 is 21.6 Å². The van der Waals surface area contributed by atoms with Crippen LogP contribution in [-0.4, -0.2) is 43.2 Å². The molecule has 2 N–H and O–H groups in total. The molecule has 1 atom stereocenters. The van der Waals surface area contributed by atoms with Crippen LogP contribution >= 0.6 is 15.9 Å². The minimum absolute atomic E-state index is 0.143. The van der Waals surface area contributed by atoms with Gasteiger partial charge in [0.2, 0.25) is 0 Å². The molecular formula is C14H22BrN3. The summed E-state index contributed by atoms with van der Waals surface area (Å²) in [6.45, 7) is 7.27. The van der Waals surface area contributed by atoms with E-state index in [9.17, 15) is 0 Å². The summed E-state index contributed by atoms with van der Waals surface area (Å²) in [7, 11) is 2.18. The highest BCUT2D eigenvalue weighted by molar-refractivity contribution is 9.10. The fraction of sp³-hybridized carbons (Fsp3) is 0.571. The second-order valence-corrected chi connectivity index (χ2v) is 6.59. The Morgan fingerprint density at radius 1 is 1.44 bits per heavy atom. The molecule has 0 aromatic heterocycles. The first kappa shape index (κ1) is 13.8. The standard InChI is InChI=1S/C14H22BrN3/c1-14(2)10-18(9-13(8-16)17(14)3)12-6-4-5-11(15)7-12/h4-7,13H,8-10,16H2,1-3H3. The molecule has 0 amide bonds. The highest BCUT2D eigenvalue weighted by Gasteiger charge is 2.36. The molecule has 0 aliphatic carbocycles. The maximum atomic E-state index is 5.91. The maximum Gasteiger partial charge on any atom is 0.0396 e. The topological polar surface area (TPSA) is 32.5 Å². The molecule has 1 unspecified atom stereocenters. The van der Waals surface area contributed by atoms with Crippen molar-refractivity contribution in [1.82, 2.24) is 4.90 Å². The summed E-state index contributed by atoms with van der Waals surface area (Å²) in [4.78, 5) is 4.84. The van der Waals surface area contributed by atoms with Gasteiger partial charge in [0.25, 0.3) is 0 Å². The van der Waals surface area contributed by atoms with Crippen molar-refractivity contribution < 1.29 is 0 Å². The summed E-state index contributed by atoms with van der Waals surface area (Å²) < 4.78 is 1.13. The Balaban J connectivity index is 2.25. The molecule has 1 fully saturated rings. The van der Waals surface area contributed by atoms with Gasteiger partial charge in [0, 0.05) is 41.4 Å². The molecular weight excluding hydrogens is 290 g/mol. The Morgan fingerprint density at radius 2 is 2.17 bits per heavy atom. The van der Waals surface area contributed by atoms with Crippen LogP contribution in [0.2, 0.25) is 0 Å². The molecule has 18 heavy (non-hydrogen) atoms. The number of rotatable bonds is 2. The number of halogens is 1. The summed E-state index contributed by atoms with van der Waals surface area (Å²) in [5.41, 5.74) is 7.32. The van der Waals surface area contributed by atoms with Crippen molar-refractivity contribution in [2.45, 2.75) is 25.4 Å². The molecule has 0 spiro atoms. The van der Waals surface area contributed by atoms with E-state index in [1.807, 2.05) is 0 Å². The summed E-state index contributed by atoms with van der Waals surface area (Å²) >= 11 is 3.54. The lowest BCUT2D eigenvalue weighted by Crippen LogP contribution is -2.64. The molecule has 1 saturated heterocycles. The predicted octanol–water partition coefficient (Wildman–Crippen LogP) is 2.31. The zero-order valence-corrected chi connectivity index (χ0v) is 12.9. The first-order valence-corrected chi connectivity index (χ1v) is 7.17. The van der Waals surface area contributed by atoms with Crippen molar-refractivity contribution in [1.29, 1.82) is 0 Å². The second kappa shape index (κ2) is 5.19. The molecule has 1 aliphatic heterocycles. The van der Waals surface area contributed by atoms with Crippen molar-refractivity contribution in [3.63, 3.8) is 0 Å². The molecule has 4 heteroatoms. The minimum atomic E-state index is 0.143. The third-order valence-electron chi connectivity index (χ3n) is 3.96. The Hall–Kier alpha value is -0.580. The number of nitrogens with two attached hydrogens (primary N) is 1. The van der Waals surface area contributed by atoms with Crippen LogP contribution in [0.5, 0.6) is 0 Å². The number of likely N-dealkylation sites (N-methyl/N-ethyl adjacent to an activating group) is 1. The Labute approximate surface area is 118 Å². The van der Waals surface area contributed by atoms with Gasteiger partial charge < -0.3 is 10.6 Å². The molecule has 1 heterocycles. The normalized spacial score (nSPS) is 24.3. The van der Waals surface area contributed by atoms with Crippen molar-refractivity contribution in [3.05, 3.63) is 28.7 Å². The summed E-state index contributed by atoms with van der Waals surface area (Å²) in [6.07, 6.45) is 0. The van der Waals surface area contributed by atoms with E-state index in [4.69, 9.17) is 5.73 Å². The third-order valence-corrected chi connectivity index (χ3v) is 4.45. The van der Waals surface area contributed by atoms with E-state index in [0.29, 0.717) is 12.6 Å². The average molecular weight is 312 g/mol. The zero-order chi connectivity index (χ0) is 13.3. The van der Waals surface area contributed by atoms with Gasteiger partial charge in [-0.05, 0) is 39.1 Å². The van der Waals surface area contributed by atoms with Crippen molar-refractivity contribution in [2.24, 2.45) is 5.73 Å². The molecule has 0 radical (unpaired) electrons. The van der Waals surface area contributed by atoms with E-state index >= 15 is 0 Å². The van der Waals surface area contributed by atoms with E-state index in [0.717, 1.165) is 17.6 Å². The van der Waals surface area contributed by atoms with Crippen LogP contribution in [0.1, 0.15) is 13.8 Å². The Bertz CT molecular complexity index is 419. The molecule has 1 aliphatic rings. The number of nitrogens with zero attached hydrogens (tertiary/aromatic N) is 2. The van der Waals surface area contributed by atoms with E-state index < -0.39 is 0 Å². The maximum absolute atomic E-state index is 5.91. The largest absolute Gasteiger partial charge is 0.368 e. The van der Waals surface area contributed by atoms with Crippen LogP contribution in [0.4, 0.5) is 5.69 Å². The monoisotopic (exact) mass is 311 g/mol. The molecule has 2 rings (SSSR count). The molecule has 100 valence electrons. The van der Waals surface area contributed by atoms with Crippen LogP contribution in [0, 0.1) is 0 Å². The van der Waals surface area contributed by atoms with Crippen LogP contribution in [0.3, 0.4) is 0 Å². The lowest BCUT2D eigenvalue weighted by Gasteiger charge is -2.50. The molecule has 1 aromatic rings. The number of hydrogen-bond acceptors (Lipinski definition) is 3. The van der Waals surface area contributed by atoms with Gasteiger partial charge in [0.05, 0.1) is 0 Å². The van der Waals surface area contributed by atoms with E-state index in [1.165, 1.54) is 5.69 Å². The van der Waals surface area contributed by atoms with Crippen LogP contribution in [0.15, 0.2) is 28.7 Å². The fourth-order valence-corrected chi connectivity index (χ4v) is 3.00. The number of benzene rings is 1. The van der Waals surface area contributed by atoms with Gasteiger partial charge in [-0.1, -0.05) is 22.0 Å². The first-order chi connectivity index (χ1) is 8.44. The van der Waals surface area contributed by atoms with Gasteiger partial charge in [0.1, 0.15) is 0 Å². The van der Waals surface area contributed by atoms with Crippen molar-refractivity contribution in [3.8, 4) is 0 Å². The Morgan fingerprint density at radius 3 is 2.78 bits per heavy atom. The van der Waals surface area contributed by atoms with Gasteiger partial charge in [0.15, 0.2) is 0 Å². The number of anilines is 1. The average Bonchev–Trinajstić information content (AvgIpc) is 2.32. The van der Waals surface area contributed by atoms with E-state index in [2.05, 4.69) is 70.9 Å². The highest BCUT2D eigenvalue weighted by Crippen LogP contribution is 2.28. The first-order valence-electron chi connectivity index (χ1n) is 6.37. The quantitative estimate of drug-likeness (QED) is 0.909. The molecule has 0 saturated carbocycles. The van der Waals surface area contributed by atoms with Gasteiger partial charge in [-0.15, -0.1) is 0 Å².